The van der Waals surface area contributed by atoms with Crippen molar-refractivity contribution in [1.29, 1.82) is 0 Å². The van der Waals surface area contributed by atoms with Gasteiger partial charge in [0.1, 0.15) is 18.2 Å². The molecular formula is C15H14I2N2O2. The first kappa shape index (κ1) is 16.5. The van der Waals surface area contributed by atoms with E-state index in [2.05, 4.69) is 55.5 Å². The molecule has 0 unspecified atom stereocenters. The largest absolute Gasteiger partial charge is 0.491 e. The van der Waals surface area contributed by atoms with E-state index in [0.717, 1.165) is 21.4 Å². The summed E-state index contributed by atoms with van der Waals surface area (Å²) in [5.74, 6) is 1.61. The third kappa shape index (κ3) is 5.10. The molecule has 2 aromatic rings. The van der Waals surface area contributed by atoms with Crippen molar-refractivity contribution in [3.63, 3.8) is 0 Å². The number of aromatic nitrogens is 1. The number of aldehydes is 1. The fraction of sp³-hybridized carbons (Fsp3) is 0.200. The van der Waals surface area contributed by atoms with Crippen LogP contribution in [0, 0.1) is 7.14 Å². The number of rotatable bonds is 6. The van der Waals surface area contributed by atoms with Gasteiger partial charge in [-0.2, -0.15) is 0 Å². The quantitative estimate of drug-likeness (QED) is 0.474. The Hall–Kier alpha value is -0.900. The number of halogens is 2. The first-order chi connectivity index (χ1) is 10.1. The summed E-state index contributed by atoms with van der Waals surface area (Å²) >= 11 is 4.42. The summed E-state index contributed by atoms with van der Waals surface area (Å²) in [4.78, 5) is 14.9. The molecule has 6 heteroatoms. The minimum Gasteiger partial charge on any atom is -0.491 e. The molecule has 0 amide bonds. The zero-order valence-electron chi connectivity index (χ0n) is 11.3. The van der Waals surface area contributed by atoms with Crippen LogP contribution in [-0.4, -0.2) is 23.9 Å². The van der Waals surface area contributed by atoms with Crippen molar-refractivity contribution < 1.29 is 9.53 Å². The van der Waals surface area contributed by atoms with E-state index in [1.807, 2.05) is 31.2 Å². The smallest absolute Gasteiger partial charge is 0.151 e. The van der Waals surface area contributed by atoms with Gasteiger partial charge in [0.15, 0.2) is 6.29 Å². The van der Waals surface area contributed by atoms with Gasteiger partial charge in [0.2, 0.25) is 0 Å². The zero-order valence-corrected chi connectivity index (χ0v) is 15.7. The Morgan fingerprint density at radius 1 is 1.33 bits per heavy atom. The van der Waals surface area contributed by atoms with Crippen LogP contribution in [-0.2, 0) is 0 Å². The number of hydrogen-bond donors (Lipinski definition) is 1. The second-order valence-electron chi connectivity index (χ2n) is 4.53. The maximum Gasteiger partial charge on any atom is 0.151 e. The lowest BCUT2D eigenvalue weighted by molar-refractivity contribution is 0.112. The third-order valence-corrected chi connectivity index (χ3v) is 4.24. The lowest BCUT2D eigenvalue weighted by Crippen LogP contribution is -2.24. The molecule has 1 N–H and O–H groups in total. The number of nitrogens with zero attached hydrogens (tertiary/aromatic N) is 1. The summed E-state index contributed by atoms with van der Waals surface area (Å²) < 4.78 is 7.82. The zero-order chi connectivity index (χ0) is 15.2. The number of anilines is 1. The summed E-state index contributed by atoms with van der Waals surface area (Å²) in [5, 5.41) is 3.28. The van der Waals surface area contributed by atoms with Gasteiger partial charge in [-0.15, -0.1) is 0 Å². The molecule has 21 heavy (non-hydrogen) atoms. The standard InChI is InChI=1S/C15H14I2N2O2/c1-10(9-21-13-4-2-12(16)3-5-13)19-15-14(17)6-11(8-20)7-18-15/h2-8,10H,9H2,1H3,(H,18,19)/t10-/m1/s1. The lowest BCUT2D eigenvalue weighted by Gasteiger charge is -2.16. The molecule has 0 spiro atoms. The molecule has 0 aliphatic rings. The predicted molar refractivity (Wildman–Crippen MR) is 100 cm³/mol. The number of carbonyl (C=O) groups excluding carboxylic acids is 1. The summed E-state index contributed by atoms with van der Waals surface area (Å²) in [6.45, 7) is 2.56. The van der Waals surface area contributed by atoms with Crippen molar-refractivity contribution in [2.45, 2.75) is 13.0 Å². The Labute approximate surface area is 151 Å². The van der Waals surface area contributed by atoms with Crippen LogP contribution in [0.2, 0.25) is 0 Å². The monoisotopic (exact) mass is 508 g/mol. The molecule has 1 heterocycles. The van der Waals surface area contributed by atoms with Crippen LogP contribution >= 0.6 is 45.2 Å². The number of carbonyl (C=O) groups is 1. The maximum atomic E-state index is 10.7. The molecule has 0 saturated carbocycles. The van der Waals surface area contributed by atoms with E-state index in [1.54, 1.807) is 12.3 Å². The second kappa shape index (κ2) is 7.92. The minimum absolute atomic E-state index is 0.104. The fourth-order valence-electron chi connectivity index (χ4n) is 1.65. The maximum absolute atomic E-state index is 10.7. The molecule has 0 saturated heterocycles. The Bertz CT molecular complexity index is 618. The highest BCUT2D eigenvalue weighted by atomic mass is 127. The molecular weight excluding hydrogens is 494 g/mol. The Morgan fingerprint density at radius 3 is 2.67 bits per heavy atom. The molecule has 1 atom stereocenters. The van der Waals surface area contributed by atoms with Crippen molar-refractivity contribution >= 4 is 57.3 Å². The van der Waals surface area contributed by atoms with Gasteiger partial charge >= 0.3 is 0 Å². The Balaban J connectivity index is 1.91. The van der Waals surface area contributed by atoms with Gasteiger partial charge in [-0.3, -0.25) is 4.79 Å². The van der Waals surface area contributed by atoms with Crippen LogP contribution in [0.5, 0.6) is 5.75 Å². The van der Waals surface area contributed by atoms with Crippen LogP contribution in [0.25, 0.3) is 0 Å². The number of nitrogens with one attached hydrogen (secondary N) is 1. The molecule has 0 bridgehead atoms. The summed E-state index contributed by atoms with van der Waals surface area (Å²) in [7, 11) is 0. The molecule has 1 aromatic heterocycles. The van der Waals surface area contributed by atoms with Gasteiger partial charge in [-0.25, -0.2) is 4.98 Å². The first-order valence-corrected chi connectivity index (χ1v) is 8.50. The van der Waals surface area contributed by atoms with Crippen molar-refractivity contribution in [2.24, 2.45) is 0 Å². The van der Waals surface area contributed by atoms with E-state index < -0.39 is 0 Å². The summed E-state index contributed by atoms with van der Waals surface area (Å²) in [6, 6.07) is 9.83. The van der Waals surface area contributed by atoms with Gasteiger partial charge in [0.25, 0.3) is 0 Å². The summed E-state index contributed by atoms with van der Waals surface area (Å²) in [5.41, 5.74) is 0.577. The van der Waals surface area contributed by atoms with E-state index in [0.29, 0.717) is 12.2 Å². The van der Waals surface area contributed by atoms with Gasteiger partial charge in [-0.1, -0.05) is 0 Å². The molecule has 0 aliphatic carbocycles. The molecule has 0 radical (unpaired) electrons. The molecule has 0 aliphatic heterocycles. The van der Waals surface area contributed by atoms with Crippen molar-refractivity contribution in [3.8, 4) is 5.75 Å². The highest BCUT2D eigenvalue weighted by Gasteiger charge is 2.08. The molecule has 4 nitrogen and oxygen atoms in total. The van der Waals surface area contributed by atoms with Crippen molar-refractivity contribution in [1.82, 2.24) is 4.98 Å². The number of pyridine rings is 1. The fourth-order valence-corrected chi connectivity index (χ4v) is 2.66. The SMILES string of the molecule is C[C@H](COc1ccc(I)cc1)Nc1ncc(C=O)cc1I. The van der Waals surface area contributed by atoms with Gasteiger partial charge < -0.3 is 10.1 Å². The highest BCUT2D eigenvalue weighted by molar-refractivity contribution is 14.1. The predicted octanol–water partition coefficient (Wildman–Crippen LogP) is 3.98. The summed E-state index contributed by atoms with van der Waals surface area (Å²) in [6.07, 6.45) is 2.35. The van der Waals surface area contributed by atoms with E-state index in [-0.39, 0.29) is 6.04 Å². The molecule has 0 fully saturated rings. The first-order valence-electron chi connectivity index (χ1n) is 6.34. The molecule has 1 aromatic carbocycles. The molecule has 2 rings (SSSR count). The van der Waals surface area contributed by atoms with Crippen LogP contribution < -0.4 is 10.1 Å². The van der Waals surface area contributed by atoms with Gasteiger partial charge in [-0.05, 0) is 82.4 Å². The number of benzene rings is 1. The van der Waals surface area contributed by atoms with Crippen molar-refractivity contribution in [2.75, 3.05) is 11.9 Å². The third-order valence-electron chi connectivity index (χ3n) is 2.70. The lowest BCUT2D eigenvalue weighted by atomic mass is 10.3. The van der Waals surface area contributed by atoms with Crippen LogP contribution in [0.1, 0.15) is 17.3 Å². The van der Waals surface area contributed by atoms with E-state index in [4.69, 9.17) is 4.74 Å². The van der Waals surface area contributed by atoms with E-state index >= 15 is 0 Å². The Morgan fingerprint density at radius 2 is 2.05 bits per heavy atom. The van der Waals surface area contributed by atoms with Crippen LogP contribution in [0.3, 0.4) is 0 Å². The normalized spacial score (nSPS) is 11.8. The van der Waals surface area contributed by atoms with Gasteiger partial charge in [0, 0.05) is 15.3 Å². The Kier molecular flexibility index (Phi) is 6.22. The van der Waals surface area contributed by atoms with E-state index in [9.17, 15) is 4.79 Å². The second-order valence-corrected chi connectivity index (χ2v) is 6.94. The number of hydrogen-bond acceptors (Lipinski definition) is 4. The topological polar surface area (TPSA) is 51.2 Å². The number of ether oxygens (including phenoxy) is 1. The van der Waals surface area contributed by atoms with E-state index in [1.165, 1.54) is 3.57 Å². The average molecular weight is 508 g/mol. The highest BCUT2D eigenvalue weighted by Crippen LogP contribution is 2.18. The van der Waals surface area contributed by atoms with Crippen molar-refractivity contribution in [3.05, 3.63) is 49.2 Å². The van der Waals surface area contributed by atoms with Crippen LogP contribution in [0.15, 0.2) is 36.5 Å². The van der Waals surface area contributed by atoms with Crippen LogP contribution in [0.4, 0.5) is 5.82 Å². The van der Waals surface area contributed by atoms with Gasteiger partial charge in [0.05, 0.1) is 9.61 Å². The minimum atomic E-state index is 0.104. The average Bonchev–Trinajstić information content (AvgIpc) is 2.48. The molecule has 110 valence electrons.